The zero-order chi connectivity index (χ0) is 8.55. The van der Waals surface area contributed by atoms with E-state index in [4.69, 9.17) is 17.3 Å². The first kappa shape index (κ1) is 13.5. The highest BCUT2D eigenvalue weighted by Crippen LogP contribution is 2.16. The summed E-state index contributed by atoms with van der Waals surface area (Å²) in [6.45, 7) is 0.494. The zero-order valence-corrected chi connectivity index (χ0v) is 9.55. The molecule has 6 heteroatoms. The fraction of sp³-hybridized carbons (Fsp3) is 0.125. The lowest BCUT2D eigenvalue weighted by molar-refractivity contribution is 1.02. The minimum absolute atomic E-state index is 0. The molecule has 0 bridgehead atoms. The Morgan fingerprint density at radius 2 is 2.07 bits per heavy atom. The van der Waals surface area contributed by atoms with Gasteiger partial charge < -0.3 is 10.7 Å². The van der Waals surface area contributed by atoms with Gasteiger partial charge in [0.1, 0.15) is 5.65 Å². The first-order valence-electron chi connectivity index (χ1n) is 3.63. The number of nitrogens with zero attached hydrogens (tertiary/aromatic N) is 1. The molecule has 3 N–H and O–H groups in total. The fourth-order valence-corrected chi connectivity index (χ4v) is 1.32. The first-order chi connectivity index (χ1) is 5.79. The summed E-state index contributed by atoms with van der Waals surface area (Å²) in [5.41, 5.74) is 7.26. The van der Waals surface area contributed by atoms with E-state index in [2.05, 4.69) is 9.97 Å². The van der Waals surface area contributed by atoms with Crippen LogP contribution in [-0.4, -0.2) is 9.97 Å². The predicted molar refractivity (Wildman–Crippen MR) is 63.5 cm³/mol. The number of hydrogen-bond donors (Lipinski definition) is 2. The van der Waals surface area contributed by atoms with Gasteiger partial charge in [0, 0.05) is 23.8 Å². The largest absolute Gasteiger partial charge is 0.342 e. The number of hydrogen-bond acceptors (Lipinski definition) is 2. The molecule has 0 unspecified atom stereocenters. The van der Waals surface area contributed by atoms with Crippen LogP contribution in [0.15, 0.2) is 18.3 Å². The van der Waals surface area contributed by atoms with Gasteiger partial charge in [0.2, 0.25) is 0 Å². The van der Waals surface area contributed by atoms with Crippen molar-refractivity contribution >= 4 is 47.4 Å². The summed E-state index contributed by atoms with van der Waals surface area (Å²) >= 11 is 5.76. The van der Waals surface area contributed by atoms with Gasteiger partial charge in [0.05, 0.1) is 5.02 Å². The third-order valence-corrected chi connectivity index (χ3v) is 1.92. The van der Waals surface area contributed by atoms with Crippen LogP contribution in [0.5, 0.6) is 0 Å². The number of fused-ring (bicyclic) bond motifs is 1. The molecular weight excluding hydrogens is 244 g/mol. The van der Waals surface area contributed by atoms with Crippen LogP contribution in [-0.2, 0) is 6.54 Å². The first-order valence-corrected chi connectivity index (χ1v) is 4.00. The molecule has 2 heterocycles. The second-order valence-corrected chi connectivity index (χ2v) is 3.03. The maximum atomic E-state index is 5.76. The van der Waals surface area contributed by atoms with Crippen LogP contribution in [0.3, 0.4) is 0 Å². The number of H-pyrrole nitrogens is 1. The molecule has 0 amide bonds. The molecule has 0 radical (unpaired) electrons. The molecule has 0 aliphatic heterocycles. The van der Waals surface area contributed by atoms with E-state index in [1.54, 1.807) is 6.20 Å². The van der Waals surface area contributed by atoms with Gasteiger partial charge in [0.15, 0.2) is 0 Å². The van der Waals surface area contributed by atoms with Gasteiger partial charge in [-0.25, -0.2) is 4.98 Å². The molecule has 78 valence electrons. The molecule has 14 heavy (non-hydrogen) atoms. The second kappa shape index (κ2) is 5.41. The Balaban J connectivity index is 0.000000845. The van der Waals surface area contributed by atoms with Crippen molar-refractivity contribution in [1.29, 1.82) is 0 Å². The Bertz CT molecular complexity index is 413. The van der Waals surface area contributed by atoms with E-state index in [-0.39, 0.29) is 24.8 Å². The molecule has 0 atom stereocenters. The van der Waals surface area contributed by atoms with Crippen LogP contribution in [0.4, 0.5) is 0 Å². The molecule has 0 fully saturated rings. The Labute approximate surface area is 98.9 Å². The number of nitrogens with one attached hydrogen (secondary N) is 1. The predicted octanol–water partition coefficient (Wildman–Crippen LogP) is 2.52. The zero-order valence-electron chi connectivity index (χ0n) is 7.16. The summed E-state index contributed by atoms with van der Waals surface area (Å²) < 4.78 is 0. The standard InChI is InChI=1S/C8H8ClN3.2ClH/c9-6-1-5-2-7(3-10)12-8(5)11-4-6;;/h1-2,4H,3,10H2,(H,11,12);2*1H. The highest BCUT2D eigenvalue weighted by molar-refractivity contribution is 6.31. The van der Waals surface area contributed by atoms with Crippen LogP contribution in [0.25, 0.3) is 11.0 Å². The van der Waals surface area contributed by atoms with Crippen molar-refractivity contribution in [3.63, 3.8) is 0 Å². The molecule has 0 saturated carbocycles. The Hall–Kier alpha value is -0.480. The average Bonchev–Trinajstić information content (AvgIpc) is 2.46. The summed E-state index contributed by atoms with van der Waals surface area (Å²) in [4.78, 5) is 7.18. The van der Waals surface area contributed by atoms with Crippen molar-refractivity contribution in [3.8, 4) is 0 Å². The normalized spacial score (nSPS) is 9.29. The average molecular weight is 255 g/mol. The highest BCUT2D eigenvalue weighted by atomic mass is 35.5. The smallest absolute Gasteiger partial charge is 0.137 e. The molecule has 2 aromatic heterocycles. The van der Waals surface area contributed by atoms with E-state index in [0.29, 0.717) is 11.6 Å². The highest BCUT2D eigenvalue weighted by Gasteiger charge is 1.99. The SMILES string of the molecule is Cl.Cl.NCc1cc2cc(Cl)cnc2[nH]1. The maximum Gasteiger partial charge on any atom is 0.137 e. The molecule has 0 spiro atoms. The minimum Gasteiger partial charge on any atom is -0.342 e. The van der Waals surface area contributed by atoms with Gasteiger partial charge in [0.25, 0.3) is 0 Å². The van der Waals surface area contributed by atoms with Crippen LogP contribution >= 0.6 is 36.4 Å². The van der Waals surface area contributed by atoms with Crippen molar-refractivity contribution < 1.29 is 0 Å². The lowest BCUT2D eigenvalue weighted by Crippen LogP contribution is -1.95. The molecule has 2 rings (SSSR count). The van der Waals surface area contributed by atoms with Crippen LogP contribution < -0.4 is 5.73 Å². The Morgan fingerprint density at radius 3 is 2.71 bits per heavy atom. The molecular formula is C8H10Cl3N3. The topological polar surface area (TPSA) is 54.7 Å². The number of aromatic nitrogens is 2. The number of nitrogens with two attached hydrogens (primary N) is 1. The summed E-state index contributed by atoms with van der Waals surface area (Å²) in [6, 6.07) is 3.81. The van der Waals surface area contributed by atoms with Crippen molar-refractivity contribution in [2.24, 2.45) is 5.73 Å². The monoisotopic (exact) mass is 253 g/mol. The minimum atomic E-state index is 0. The fourth-order valence-electron chi connectivity index (χ4n) is 1.16. The van der Waals surface area contributed by atoms with Crippen molar-refractivity contribution in [2.45, 2.75) is 6.54 Å². The quantitative estimate of drug-likeness (QED) is 0.821. The van der Waals surface area contributed by atoms with Crippen molar-refractivity contribution in [1.82, 2.24) is 9.97 Å². The molecule has 0 aromatic carbocycles. The maximum absolute atomic E-state index is 5.76. The van der Waals surface area contributed by atoms with Gasteiger partial charge in [-0.15, -0.1) is 24.8 Å². The van der Waals surface area contributed by atoms with Crippen molar-refractivity contribution in [3.05, 3.63) is 29.0 Å². The van der Waals surface area contributed by atoms with Gasteiger partial charge in [-0.05, 0) is 12.1 Å². The number of halogens is 3. The van der Waals surface area contributed by atoms with E-state index in [1.807, 2.05) is 12.1 Å². The van der Waals surface area contributed by atoms with E-state index < -0.39 is 0 Å². The van der Waals surface area contributed by atoms with Crippen molar-refractivity contribution in [2.75, 3.05) is 0 Å². The lowest BCUT2D eigenvalue weighted by Gasteiger charge is -1.88. The van der Waals surface area contributed by atoms with E-state index >= 15 is 0 Å². The van der Waals surface area contributed by atoms with Crippen LogP contribution in [0, 0.1) is 0 Å². The van der Waals surface area contributed by atoms with Crippen LogP contribution in [0.1, 0.15) is 5.69 Å². The van der Waals surface area contributed by atoms with Crippen LogP contribution in [0.2, 0.25) is 5.02 Å². The lowest BCUT2D eigenvalue weighted by atomic mass is 10.3. The van der Waals surface area contributed by atoms with E-state index in [0.717, 1.165) is 16.7 Å². The molecule has 3 nitrogen and oxygen atoms in total. The van der Waals surface area contributed by atoms with Gasteiger partial charge in [-0.2, -0.15) is 0 Å². The third-order valence-electron chi connectivity index (χ3n) is 1.71. The summed E-state index contributed by atoms with van der Waals surface area (Å²) in [5, 5.41) is 1.65. The number of rotatable bonds is 1. The van der Waals surface area contributed by atoms with Gasteiger partial charge >= 0.3 is 0 Å². The Kier molecular flexibility index (Phi) is 5.23. The van der Waals surface area contributed by atoms with E-state index in [1.165, 1.54) is 0 Å². The third kappa shape index (κ3) is 2.51. The summed E-state index contributed by atoms with van der Waals surface area (Å²) in [6.07, 6.45) is 1.61. The number of pyridine rings is 1. The summed E-state index contributed by atoms with van der Waals surface area (Å²) in [5.74, 6) is 0. The molecule has 0 saturated heterocycles. The van der Waals surface area contributed by atoms with E-state index in [9.17, 15) is 0 Å². The van der Waals surface area contributed by atoms with Gasteiger partial charge in [-0.3, -0.25) is 0 Å². The molecule has 2 aromatic rings. The Morgan fingerprint density at radius 1 is 1.36 bits per heavy atom. The number of aromatic amines is 1. The summed E-state index contributed by atoms with van der Waals surface area (Å²) in [7, 11) is 0. The second-order valence-electron chi connectivity index (χ2n) is 2.59. The van der Waals surface area contributed by atoms with Gasteiger partial charge in [-0.1, -0.05) is 11.6 Å². The molecule has 0 aliphatic carbocycles. The molecule has 0 aliphatic rings.